The zero-order chi connectivity index (χ0) is 16.8. The van der Waals surface area contributed by atoms with Crippen LogP contribution in [0.4, 0.5) is 11.6 Å². The molecule has 0 spiro atoms. The van der Waals surface area contributed by atoms with Crippen molar-refractivity contribution >= 4 is 17.5 Å². The van der Waals surface area contributed by atoms with Crippen LogP contribution in [0, 0.1) is 5.92 Å². The summed E-state index contributed by atoms with van der Waals surface area (Å²) in [6.45, 7) is 3.62. The highest BCUT2D eigenvalue weighted by Gasteiger charge is 2.23. The Morgan fingerprint density at radius 2 is 2.21 bits per heavy atom. The molecule has 7 nitrogen and oxygen atoms in total. The number of nitrogens with one attached hydrogen (secondary N) is 1. The highest BCUT2D eigenvalue weighted by Crippen LogP contribution is 2.21. The molecule has 2 aromatic rings. The van der Waals surface area contributed by atoms with Crippen molar-refractivity contribution < 1.29 is 4.79 Å². The first kappa shape index (κ1) is 16.3. The predicted molar refractivity (Wildman–Crippen MR) is 90.6 cm³/mol. The summed E-state index contributed by atoms with van der Waals surface area (Å²) in [6, 6.07) is 1.94. The standard InChI is InChI=1S/C17H22N6O/c1-2-17(24)23-7-3-4-13(11-23)8-14-9-15(21-12-20-14)22-16-10-18-5-6-19-16/h5-6,9-10,12-13H,2-4,7-8,11H2,1H3,(H,19,20,21,22). The Labute approximate surface area is 141 Å². The second kappa shape index (κ2) is 7.81. The maximum atomic E-state index is 11.9. The molecule has 1 aliphatic rings. The van der Waals surface area contributed by atoms with Crippen molar-refractivity contribution in [3.63, 3.8) is 0 Å². The molecular formula is C17H22N6O. The van der Waals surface area contributed by atoms with Gasteiger partial charge in [-0.2, -0.15) is 0 Å². The van der Waals surface area contributed by atoms with Crippen molar-refractivity contribution in [2.24, 2.45) is 5.92 Å². The van der Waals surface area contributed by atoms with E-state index in [0.717, 1.165) is 38.0 Å². The van der Waals surface area contributed by atoms with Crippen LogP contribution in [0.1, 0.15) is 31.9 Å². The Morgan fingerprint density at radius 3 is 3.00 bits per heavy atom. The molecule has 24 heavy (non-hydrogen) atoms. The minimum absolute atomic E-state index is 0.243. The lowest BCUT2D eigenvalue weighted by Gasteiger charge is -2.32. The molecule has 7 heteroatoms. The minimum Gasteiger partial charge on any atom is -0.342 e. The van der Waals surface area contributed by atoms with E-state index in [4.69, 9.17) is 0 Å². The van der Waals surface area contributed by atoms with E-state index in [1.807, 2.05) is 17.9 Å². The lowest BCUT2D eigenvalue weighted by atomic mass is 9.93. The molecule has 126 valence electrons. The van der Waals surface area contributed by atoms with Gasteiger partial charge in [-0.25, -0.2) is 15.0 Å². The van der Waals surface area contributed by atoms with Crippen LogP contribution in [0.5, 0.6) is 0 Å². The fourth-order valence-electron chi connectivity index (χ4n) is 3.05. The number of carbonyl (C=O) groups excluding carboxylic acids is 1. The number of rotatable bonds is 5. The van der Waals surface area contributed by atoms with Gasteiger partial charge in [-0.1, -0.05) is 6.92 Å². The van der Waals surface area contributed by atoms with Crippen LogP contribution in [0.15, 0.2) is 31.0 Å². The fraction of sp³-hybridized carbons (Fsp3) is 0.471. The Kier molecular flexibility index (Phi) is 5.30. The maximum absolute atomic E-state index is 11.9. The first-order chi connectivity index (χ1) is 11.7. The molecule has 0 saturated carbocycles. The van der Waals surface area contributed by atoms with E-state index < -0.39 is 0 Å². The van der Waals surface area contributed by atoms with Crippen molar-refractivity contribution in [3.05, 3.63) is 36.7 Å². The molecule has 2 aromatic heterocycles. The molecule has 1 atom stereocenters. The van der Waals surface area contributed by atoms with Crippen LogP contribution in [-0.4, -0.2) is 43.8 Å². The van der Waals surface area contributed by atoms with Crippen LogP contribution >= 0.6 is 0 Å². The van der Waals surface area contributed by atoms with Crippen molar-refractivity contribution in [2.75, 3.05) is 18.4 Å². The summed E-state index contributed by atoms with van der Waals surface area (Å²) in [6.07, 6.45) is 10.1. The van der Waals surface area contributed by atoms with E-state index in [1.54, 1.807) is 24.9 Å². The topological polar surface area (TPSA) is 83.9 Å². The number of nitrogens with zero attached hydrogens (tertiary/aromatic N) is 5. The second-order valence-electron chi connectivity index (χ2n) is 6.02. The van der Waals surface area contributed by atoms with E-state index in [0.29, 0.717) is 24.0 Å². The number of hydrogen-bond donors (Lipinski definition) is 1. The molecule has 0 bridgehead atoms. The van der Waals surface area contributed by atoms with Gasteiger partial charge < -0.3 is 10.2 Å². The molecule has 3 rings (SSSR count). The molecule has 1 aliphatic heterocycles. The number of anilines is 2. The van der Waals surface area contributed by atoms with Crippen LogP contribution in [0.2, 0.25) is 0 Å². The van der Waals surface area contributed by atoms with Gasteiger partial charge in [-0.05, 0) is 25.2 Å². The average Bonchev–Trinajstić information content (AvgIpc) is 2.62. The van der Waals surface area contributed by atoms with Gasteiger partial charge in [0.2, 0.25) is 5.91 Å². The van der Waals surface area contributed by atoms with Gasteiger partial charge in [0.15, 0.2) is 0 Å². The highest BCUT2D eigenvalue weighted by atomic mass is 16.2. The van der Waals surface area contributed by atoms with E-state index >= 15 is 0 Å². The van der Waals surface area contributed by atoms with Crippen LogP contribution in [0.3, 0.4) is 0 Å². The van der Waals surface area contributed by atoms with Crippen molar-refractivity contribution in [1.82, 2.24) is 24.8 Å². The summed E-state index contributed by atoms with van der Waals surface area (Å²) in [4.78, 5) is 30.7. The molecule has 1 N–H and O–H groups in total. The van der Waals surface area contributed by atoms with Gasteiger partial charge in [-0.3, -0.25) is 9.78 Å². The van der Waals surface area contributed by atoms with Gasteiger partial charge in [-0.15, -0.1) is 0 Å². The summed E-state index contributed by atoms with van der Waals surface area (Å²) in [5.74, 6) is 2.05. The van der Waals surface area contributed by atoms with E-state index in [-0.39, 0.29) is 5.91 Å². The van der Waals surface area contributed by atoms with Gasteiger partial charge in [0, 0.05) is 43.7 Å². The quantitative estimate of drug-likeness (QED) is 0.907. The number of carbonyl (C=O) groups is 1. The molecule has 3 heterocycles. The largest absolute Gasteiger partial charge is 0.342 e. The fourth-order valence-corrected chi connectivity index (χ4v) is 3.05. The maximum Gasteiger partial charge on any atom is 0.222 e. The lowest BCUT2D eigenvalue weighted by molar-refractivity contribution is -0.132. The number of piperidine rings is 1. The summed E-state index contributed by atoms with van der Waals surface area (Å²) < 4.78 is 0. The van der Waals surface area contributed by atoms with Crippen molar-refractivity contribution in [3.8, 4) is 0 Å². The SMILES string of the molecule is CCC(=O)N1CCCC(Cc2cc(Nc3cnccn3)ncn2)C1. The van der Waals surface area contributed by atoms with Gasteiger partial charge in [0.1, 0.15) is 18.0 Å². The van der Waals surface area contributed by atoms with Crippen LogP contribution in [0.25, 0.3) is 0 Å². The molecule has 0 radical (unpaired) electrons. The number of amides is 1. The third kappa shape index (κ3) is 4.24. The molecule has 1 unspecified atom stereocenters. The van der Waals surface area contributed by atoms with E-state index in [2.05, 4.69) is 25.3 Å². The van der Waals surface area contributed by atoms with Crippen molar-refractivity contribution in [2.45, 2.75) is 32.6 Å². The summed E-state index contributed by atoms with van der Waals surface area (Å²) in [5.41, 5.74) is 0.979. The molecule has 0 aliphatic carbocycles. The minimum atomic E-state index is 0.243. The first-order valence-electron chi connectivity index (χ1n) is 8.36. The highest BCUT2D eigenvalue weighted by molar-refractivity contribution is 5.75. The van der Waals surface area contributed by atoms with Gasteiger partial charge in [0.05, 0.1) is 6.20 Å². The molecule has 1 fully saturated rings. The summed E-state index contributed by atoms with van der Waals surface area (Å²) >= 11 is 0. The Hall–Kier alpha value is -2.57. The zero-order valence-corrected chi connectivity index (χ0v) is 13.9. The normalized spacial score (nSPS) is 17.5. The Balaban J connectivity index is 1.63. The monoisotopic (exact) mass is 326 g/mol. The van der Waals surface area contributed by atoms with E-state index in [1.165, 1.54) is 0 Å². The zero-order valence-electron chi connectivity index (χ0n) is 13.9. The van der Waals surface area contributed by atoms with Gasteiger partial charge >= 0.3 is 0 Å². The van der Waals surface area contributed by atoms with Crippen LogP contribution in [-0.2, 0) is 11.2 Å². The van der Waals surface area contributed by atoms with Crippen molar-refractivity contribution in [1.29, 1.82) is 0 Å². The molecular weight excluding hydrogens is 304 g/mol. The lowest BCUT2D eigenvalue weighted by Crippen LogP contribution is -2.40. The molecule has 1 saturated heterocycles. The Morgan fingerprint density at radius 1 is 1.29 bits per heavy atom. The van der Waals surface area contributed by atoms with Gasteiger partial charge in [0.25, 0.3) is 0 Å². The third-order valence-corrected chi connectivity index (χ3v) is 4.21. The smallest absolute Gasteiger partial charge is 0.222 e. The number of likely N-dealkylation sites (tertiary alicyclic amines) is 1. The Bertz CT molecular complexity index is 678. The molecule has 1 amide bonds. The second-order valence-corrected chi connectivity index (χ2v) is 6.02. The van der Waals surface area contributed by atoms with Crippen LogP contribution < -0.4 is 5.32 Å². The average molecular weight is 326 g/mol. The molecule has 0 aromatic carbocycles. The summed E-state index contributed by atoms with van der Waals surface area (Å²) in [5, 5.41) is 3.13. The van der Waals surface area contributed by atoms with E-state index in [9.17, 15) is 4.79 Å². The summed E-state index contributed by atoms with van der Waals surface area (Å²) in [7, 11) is 0. The number of hydrogen-bond acceptors (Lipinski definition) is 6. The first-order valence-corrected chi connectivity index (χ1v) is 8.36. The number of aromatic nitrogens is 4. The predicted octanol–water partition coefficient (Wildman–Crippen LogP) is 2.20. The third-order valence-electron chi connectivity index (χ3n) is 4.21.